The number of carbonyl (C=O) groups is 2. The van der Waals surface area contributed by atoms with Gasteiger partial charge >= 0.3 is 0 Å². The van der Waals surface area contributed by atoms with Gasteiger partial charge in [0.25, 0.3) is 0 Å². The lowest BCUT2D eigenvalue weighted by atomic mass is 9.93. The molecule has 234 valence electrons. The van der Waals surface area contributed by atoms with Crippen LogP contribution < -0.4 is 0 Å². The van der Waals surface area contributed by atoms with E-state index in [9.17, 15) is 9.59 Å². The molecule has 1 heterocycles. The predicted molar refractivity (Wildman–Crippen MR) is 187 cm³/mol. The molecule has 2 aliphatic rings. The second kappa shape index (κ2) is 22.5. The number of aliphatic imine (C=N–C) groups is 1. The summed E-state index contributed by atoms with van der Waals surface area (Å²) in [4.78, 5) is 30.4. The number of fused-ring (bicyclic) bond motifs is 1. The fraction of sp³-hybridized carbons (Fsp3) is 0.676. The predicted octanol–water partition coefficient (Wildman–Crippen LogP) is 11.3. The molecule has 3 rings (SSSR count). The Morgan fingerprint density at radius 2 is 1.71 bits per heavy atom. The van der Waals surface area contributed by atoms with Crippen molar-refractivity contribution in [2.24, 2.45) is 4.99 Å². The third-order valence-corrected chi connectivity index (χ3v) is 8.51. The Labute approximate surface area is 273 Å². The number of halogens is 3. The van der Waals surface area contributed by atoms with Crippen molar-refractivity contribution >= 4 is 61.4 Å². The molecule has 4 nitrogen and oxygen atoms in total. The first-order valence-electron chi connectivity index (χ1n) is 15.7. The summed E-state index contributed by atoms with van der Waals surface area (Å²) in [5.41, 5.74) is 5.48. The molecule has 0 radical (unpaired) electrons. The fourth-order valence-corrected chi connectivity index (χ4v) is 6.65. The Balaban J connectivity index is 0.000000690. The maximum Gasteiger partial charge on any atom is 0.223 e. The van der Waals surface area contributed by atoms with Crippen LogP contribution in [0.15, 0.2) is 32.9 Å². The second-order valence-corrected chi connectivity index (χ2v) is 12.9. The highest BCUT2D eigenvalue weighted by Crippen LogP contribution is 2.42. The first kappa shape index (κ1) is 40.0. The summed E-state index contributed by atoms with van der Waals surface area (Å²) in [7, 11) is 0. The van der Waals surface area contributed by atoms with E-state index < -0.39 is 0 Å². The summed E-state index contributed by atoms with van der Waals surface area (Å²) in [6.45, 7) is 18.8. The molecule has 0 saturated heterocycles. The van der Waals surface area contributed by atoms with Crippen molar-refractivity contribution < 1.29 is 9.59 Å². The molecule has 0 N–H and O–H groups in total. The molecule has 0 bridgehead atoms. The number of hydrogen-bond donors (Lipinski definition) is 0. The van der Waals surface area contributed by atoms with E-state index in [1.807, 2.05) is 40.0 Å². The number of rotatable bonds is 8. The Kier molecular flexibility index (Phi) is 22.0. The third kappa shape index (κ3) is 13.5. The van der Waals surface area contributed by atoms with Gasteiger partial charge in [0.1, 0.15) is 0 Å². The minimum atomic E-state index is -0.218. The van der Waals surface area contributed by atoms with Gasteiger partial charge in [0.05, 0.1) is 10.9 Å². The van der Waals surface area contributed by atoms with Crippen molar-refractivity contribution in [2.45, 2.75) is 143 Å². The van der Waals surface area contributed by atoms with Crippen LogP contribution in [0.5, 0.6) is 0 Å². The number of carbonyl (C=O) groups excluding carboxylic acids is 2. The highest BCUT2D eigenvalue weighted by atomic mass is 79.9. The van der Waals surface area contributed by atoms with Gasteiger partial charge in [0.15, 0.2) is 5.78 Å². The number of amides is 1. The first-order valence-corrected chi connectivity index (χ1v) is 17.8. The van der Waals surface area contributed by atoms with Crippen LogP contribution in [0, 0.1) is 0 Å². The molecule has 1 aromatic carbocycles. The largest absolute Gasteiger partial charge is 0.333 e. The van der Waals surface area contributed by atoms with Gasteiger partial charge in [-0.3, -0.25) is 14.6 Å². The molecule has 3 atom stereocenters. The molecule has 0 fully saturated rings. The van der Waals surface area contributed by atoms with Gasteiger partial charge in [-0.25, -0.2) is 0 Å². The number of allylic oxidation sites excluding steroid dienone is 2. The Hall–Kier alpha value is -0.980. The summed E-state index contributed by atoms with van der Waals surface area (Å²) < 4.78 is 1.11. The average molecular weight is 719 g/mol. The third-order valence-electron chi connectivity index (χ3n) is 6.94. The minimum Gasteiger partial charge on any atom is -0.333 e. The summed E-state index contributed by atoms with van der Waals surface area (Å²) in [5.74, 6) is 0.551. The van der Waals surface area contributed by atoms with Crippen LogP contribution >= 0.6 is 43.5 Å². The quantitative estimate of drug-likeness (QED) is 0.251. The van der Waals surface area contributed by atoms with Gasteiger partial charge in [-0.2, -0.15) is 0 Å². The maximum atomic E-state index is 12.0. The maximum absolute atomic E-state index is 12.0. The normalized spacial score (nSPS) is 18.0. The molecule has 0 aromatic heterocycles. The van der Waals surface area contributed by atoms with E-state index in [1.54, 1.807) is 11.8 Å². The van der Waals surface area contributed by atoms with Crippen molar-refractivity contribution in [2.75, 3.05) is 6.54 Å². The van der Waals surface area contributed by atoms with E-state index in [2.05, 4.69) is 65.6 Å². The fourth-order valence-electron chi connectivity index (χ4n) is 5.08. The van der Waals surface area contributed by atoms with Crippen molar-refractivity contribution in [1.29, 1.82) is 0 Å². The molecule has 1 aliphatic carbocycles. The lowest BCUT2D eigenvalue weighted by Crippen LogP contribution is -2.44. The number of aryl methyl sites for hydroxylation is 1. The topological polar surface area (TPSA) is 49.7 Å². The van der Waals surface area contributed by atoms with E-state index >= 15 is 0 Å². The van der Waals surface area contributed by atoms with E-state index in [4.69, 9.17) is 16.6 Å². The van der Waals surface area contributed by atoms with E-state index in [0.717, 1.165) is 54.4 Å². The van der Waals surface area contributed by atoms with Crippen LogP contribution in [0.2, 0.25) is 5.02 Å². The van der Waals surface area contributed by atoms with Crippen molar-refractivity contribution in [1.82, 2.24) is 4.90 Å². The van der Waals surface area contributed by atoms with E-state index in [1.165, 1.54) is 28.8 Å². The van der Waals surface area contributed by atoms with Gasteiger partial charge in [-0.1, -0.05) is 112 Å². The van der Waals surface area contributed by atoms with Crippen molar-refractivity contribution in [3.8, 4) is 0 Å². The zero-order valence-corrected chi connectivity index (χ0v) is 31.0. The van der Waals surface area contributed by atoms with Crippen LogP contribution in [0.1, 0.15) is 137 Å². The molecule has 1 amide bonds. The Morgan fingerprint density at radius 1 is 1.07 bits per heavy atom. The summed E-state index contributed by atoms with van der Waals surface area (Å²) in [6.07, 6.45) is 11.8. The van der Waals surface area contributed by atoms with Crippen molar-refractivity contribution in [3.05, 3.63) is 44.0 Å². The number of ketones is 1. The van der Waals surface area contributed by atoms with Gasteiger partial charge in [-0.15, -0.1) is 0 Å². The Bertz CT molecular complexity index is 993. The lowest BCUT2D eigenvalue weighted by molar-refractivity contribution is -0.139. The molecule has 1 aliphatic heterocycles. The second-order valence-electron chi connectivity index (χ2n) is 10.4. The van der Waals surface area contributed by atoms with Gasteiger partial charge in [-0.05, 0) is 80.7 Å². The highest BCUT2D eigenvalue weighted by molar-refractivity contribution is 9.10. The van der Waals surface area contributed by atoms with Crippen LogP contribution in [0.3, 0.4) is 0 Å². The molecule has 3 unspecified atom stereocenters. The SMILES string of the molecule is CC.CC1C2=C(CCc3cc(Cl)cc(Br)c31)CCC(Br)C=N2.CCC.CCCCC(=O)N(CCC)C(CC)C(C)=O. The monoisotopic (exact) mass is 716 g/mol. The Morgan fingerprint density at radius 3 is 2.24 bits per heavy atom. The standard InChI is InChI=1S/C16H16Br2ClN.C13H25NO2.C3H8.C2H6/c1-9-15-11(6-13(19)7-14(15)18)3-2-10-4-5-12(17)8-20-16(9)10;1-5-8-9-13(16)14(10-6-2)12(7-3)11(4)15;1-3-2;1-2/h6-9,12H,2-5H2,1H3;12H,5-10H2,1-4H3;3H2,1-2H3;1-2H3. The minimum absolute atomic E-state index is 0.0980. The highest BCUT2D eigenvalue weighted by Gasteiger charge is 2.26. The van der Waals surface area contributed by atoms with Crippen LogP contribution in [0.4, 0.5) is 0 Å². The lowest BCUT2D eigenvalue weighted by Gasteiger charge is -2.29. The van der Waals surface area contributed by atoms with Crippen LogP contribution in [-0.2, 0) is 16.0 Å². The number of alkyl halides is 1. The first-order chi connectivity index (χ1) is 19.6. The van der Waals surface area contributed by atoms with Crippen LogP contribution in [-0.4, -0.2) is 40.2 Å². The number of unbranched alkanes of at least 4 members (excludes halogenated alkanes) is 1. The smallest absolute Gasteiger partial charge is 0.223 e. The zero-order chi connectivity index (χ0) is 31.5. The van der Waals surface area contributed by atoms with E-state index in [0.29, 0.717) is 30.1 Å². The molecule has 0 spiro atoms. The summed E-state index contributed by atoms with van der Waals surface area (Å²) in [6, 6.07) is 3.89. The van der Waals surface area contributed by atoms with E-state index in [-0.39, 0.29) is 17.7 Å². The molecule has 41 heavy (non-hydrogen) atoms. The molecular formula is C34H55Br2ClN2O2. The molecule has 7 heteroatoms. The summed E-state index contributed by atoms with van der Waals surface area (Å²) in [5, 5.41) is 0.809. The molecule has 0 saturated carbocycles. The van der Waals surface area contributed by atoms with Crippen molar-refractivity contribution in [3.63, 3.8) is 0 Å². The molecule has 1 aromatic rings. The summed E-state index contributed by atoms with van der Waals surface area (Å²) >= 11 is 13.6. The van der Waals surface area contributed by atoms with Crippen LogP contribution in [0.25, 0.3) is 0 Å². The number of Topliss-reactive ketones (excluding diaryl/α,β-unsaturated/α-hetero) is 1. The average Bonchev–Trinajstić information content (AvgIpc) is 3.20. The van der Waals surface area contributed by atoms with Gasteiger partial charge in [0, 0.05) is 40.3 Å². The zero-order valence-electron chi connectivity index (χ0n) is 27.1. The number of nitrogens with zero attached hydrogens (tertiary/aromatic N) is 2. The molecular weight excluding hydrogens is 664 g/mol. The number of hydrogen-bond acceptors (Lipinski definition) is 3. The van der Waals surface area contributed by atoms with Gasteiger partial charge in [0.2, 0.25) is 5.91 Å². The van der Waals surface area contributed by atoms with Gasteiger partial charge < -0.3 is 4.90 Å². The number of benzene rings is 1.